The average Bonchev–Trinajstić information content (AvgIpc) is 3.46. The van der Waals surface area contributed by atoms with Crippen LogP contribution in [0.1, 0.15) is 25.7 Å². The van der Waals surface area contributed by atoms with Gasteiger partial charge in [-0.25, -0.2) is 4.79 Å². The van der Waals surface area contributed by atoms with Gasteiger partial charge in [-0.05, 0) is 37.8 Å². The highest BCUT2D eigenvalue weighted by molar-refractivity contribution is 5.94. The Kier molecular flexibility index (Phi) is 5.53. The van der Waals surface area contributed by atoms with Crippen LogP contribution in [0.4, 0.5) is 10.5 Å². The number of carbonyl (C=O) groups is 3. The molecule has 1 aromatic rings. The van der Waals surface area contributed by atoms with Crippen LogP contribution in [0.25, 0.3) is 0 Å². The molecule has 2 aliphatic rings. The molecule has 2 fully saturated rings. The van der Waals surface area contributed by atoms with Gasteiger partial charge in [0.05, 0.1) is 6.54 Å². The summed E-state index contributed by atoms with van der Waals surface area (Å²) in [5.41, 5.74) is 0.697. The molecule has 1 saturated carbocycles. The van der Waals surface area contributed by atoms with E-state index in [2.05, 4.69) is 16.0 Å². The van der Waals surface area contributed by atoms with Gasteiger partial charge in [0, 0.05) is 30.7 Å². The smallest absolute Gasteiger partial charge is 0.315 e. The van der Waals surface area contributed by atoms with Gasteiger partial charge in [0.2, 0.25) is 11.8 Å². The molecule has 0 radical (unpaired) electrons. The molecular formula is C18H24N4O3. The number of benzene rings is 1. The number of carbonyl (C=O) groups excluding carboxylic acids is 3. The first-order valence-corrected chi connectivity index (χ1v) is 8.80. The third-order valence-corrected chi connectivity index (χ3v) is 4.54. The molecule has 1 heterocycles. The molecule has 134 valence electrons. The second-order valence-corrected chi connectivity index (χ2v) is 6.62. The summed E-state index contributed by atoms with van der Waals surface area (Å²) in [6.45, 7) is 1.29. The van der Waals surface area contributed by atoms with Crippen molar-refractivity contribution in [1.29, 1.82) is 0 Å². The first kappa shape index (κ1) is 17.3. The summed E-state index contributed by atoms with van der Waals surface area (Å²) in [7, 11) is 0. The molecule has 0 unspecified atom stereocenters. The van der Waals surface area contributed by atoms with Gasteiger partial charge in [-0.15, -0.1) is 0 Å². The molecule has 0 spiro atoms. The van der Waals surface area contributed by atoms with Crippen LogP contribution in [-0.2, 0) is 9.59 Å². The van der Waals surface area contributed by atoms with Crippen LogP contribution in [0.3, 0.4) is 0 Å². The van der Waals surface area contributed by atoms with E-state index >= 15 is 0 Å². The number of nitrogens with one attached hydrogen (secondary N) is 3. The number of para-hydroxylation sites is 1. The number of amides is 4. The van der Waals surface area contributed by atoms with Crippen LogP contribution in [-0.4, -0.2) is 48.4 Å². The zero-order chi connectivity index (χ0) is 17.6. The minimum Gasteiger partial charge on any atom is -0.342 e. The molecule has 0 bridgehead atoms. The van der Waals surface area contributed by atoms with Crippen molar-refractivity contribution >= 4 is 23.5 Å². The van der Waals surface area contributed by atoms with Crippen molar-refractivity contribution in [3.8, 4) is 0 Å². The zero-order valence-corrected chi connectivity index (χ0v) is 14.2. The lowest BCUT2D eigenvalue weighted by Gasteiger charge is -2.32. The Morgan fingerprint density at radius 1 is 1.00 bits per heavy atom. The van der Waals surface area contributed by atoms with Gasteiger partial charge in [-0.3, -0.25) is 9.59 Å². The molecule has 3 N–H and O–H groups in total. The second-order valence-electron chi connectivity index (χ2n) is 6.62. The minimum atomic E-state index is -0.352. The Morgan fingerprint density at radius 2 is 1.68 bits per heavy atom. The third-order valence-electron chi connectivity index (χ3n) is 4.54. The normalized spacial score (nSPS) is 17.7. The van der Waals surface area contributed by atoms with Crippen LogP contribution in [0, 0.1) is 5.92 Å². The topological polar surface area (TPSA) is 90.5 Å². The maximum atomic E-state index is 12.0. The molecule has 0 atom stereocenters. The van der Waals surface area contributed by atoms with Crippen molar-refractivity contribution in [2.45, 2.75) is 31.7 Å². The highest BCUT2D eigenvalue weighted by Gasteiger charge is 2.35. The molecular weight excluding hydrogens is 320 g/mol. The molecule has 25 heavy (non-hydrogen) atoms. The number of likely N-dealkylation sites (tertiary alicyclic amines) is 1. The van der Waals surface area contributed by atoms with Crippen molar-refractivity contribution in [2.75, 3.05) is 25.0 Å². The fourth-order valence-corrected chi connectivity index (χ4v) is 2.96. The lowest BCUT2D eigenvalue weighted by atomic mass is 10.0. The Balaban J connectivity index is 1.33. The van der Waals surface area contributed by atoms with Crippen molar-refractivity contribution < 1.29 is 14.4 Å². The predicted octanol–water partition coefficient (Wildman–Crippen LogP) is 1.33. The molecule has 1 aliphatic heterocycles. The van der Waals surface area contributed by atoms with Gasteiger partial charge in [0.15, 0.2) is 0 Å². The number of hydrogen-bond acceptors (Lipinski definition) is 3. The summed E-state index contributed by atoms with van der Waals surface area (Å²) in [5, 5.41) is 8.15. The molecule has 0 aromatic heterocycles. The fourth-order valence-electron chi connectivity index (χ4n) is 2.96. The summed E-state index contributed by atoms with van der Waals surface area (Å²) in [6, 6.07) is 8.79. The van der Waals surface area contributed by atoms with Crippen LogP contribution in [0.15, 0.2) is 30.3 Å². The molecule has 1 aliphatic carbocycles. The number of urea groups is 1. The average molecular weight is 344 g/mol. The molecule has 4 amide bonds. The van der Waals surface area contributed by atoms with Gasteiger partial charge >= 0.3 is 6.03 Å². The minimum absolute atomic E-state index is 0.0421. The number of anilines is 1. The largest absolute Gasteiger partial charge is 0.342 e. The van der Waals surface area contributed by atoms with E-state index in [0.717, 1.165) is 25.7 Å². The van der Waals surface area contributed by atoms with Gasteiger partial charge in [0.25, 0.3) is 0 Å². The van der Waals surface area contributed by atoms with E-state index in [1.54, 1.807) is 12.1 Å². The van der Waals surface area contributed by atoms with Crippen LogP contribution < -0.4 is 16.0 Å². The summed E-state index contributed by atoms with van der Waals surface area (Å²) < 4.78 is 0. The summed E-state index contributed by atoms with van der Waals surface area (Å²) in [6.07, 6.45) is 3.54. The van der Waals surface area contributed by atoms with E-state index in [9.17, 15) is 14.4 Å². The Morgan fingerprint density at radius 3 is 2.32 bits per heavy atom. The Bertz CT molecular complexity index is 622. The molecule has 1 saturated heterocycles. The van der Waals surface area contributed by atoms with E-state index < -0.39 is 0 Å². The molecule has 7 nitrogen and oxygen atoms in total. The Labute approximate surface area is 147 Å². The van der Waals surface area contributed by atoms with E-state index in [-0.39, 0.29) is 36.3 Å². The molecule has 7 heteroatoms. The van der Waals surface area contributed by atoms with E-state index in [1.165, 1.54) is 0 Å². The summed E-state index contributed by atoms with van der Waals surface area (Å²) >= 11 is 0. The fraction of sp³-hybridized carbons (Fsp3) is 0.500. The zero-order valence-electron chi connectivity index (χ0n) is 14.2. The quantitative estimate of drug-likeness (QED) is 0.752. The van der Waals surface area contributed by atoms with Gasteiger partial charge in [-0.2, -0.15) is 0 Å². The number of piperidine rings is 1. The SMILES string of the molecule is O=C(CNC(=O)NC1CCN(C(=O)C2CC2)CC1)Nc1ccccc1. The lowest BCUT2D eigenvalue weighted by Crippen LogP contribution is -2.50. The van der Waals surface area contributed by atoms with Gasteiger partial charge in [-0.1, -0.05) is 18.2 Å². The van der Waals surface area contributed by atoms with Crippen molar-refractivity contribution in [2.24, 2.45) is 5.92 Å². The first-order valence-electron chi connectivity index (χ1n) is 8.80. The molecule has 1 aromatic carbocycles. The van der Waals surface area contributed by atoms with Crippen molar-refractivity contribution in [1.82, 2.24) is 15.5 Å². The number of nitrogens with zero attached hydrogens (tertiary/aromatic N) is 1. The van der Waals surface area contributed by atoms with Crippen LogP contribution >= 0.6 is 0 Å². The summed E-state index contributed by atoms with van der Waals surface area (Å²) in [5.74, 6) is 0.239. The highest BCUT2D eigenvalue weighted by Crippen LogP contribution is 2.31. The Hall–Kier alpha value is -2.57. The second kappa shape index (κ2) is 8.00. The first-order chi connectivity index (χ1) is 12.1. The van der Waals surface area contributed by atoms with Crippen molar-refractivity contribution in [3.05, 3.63) is 30.3 Å². The van der Waals surface area contributed by atoms with Gasteiger partial charge in [0.1, 0.15) is 0 Å². The third kappa shape index (κ3) is 5.20. The monoisotopic (exact) mass is 344 g/mol. The van der Waals surface area contributed by atoms with Crippen LogP contribution in [0.2, 0.25) is 0 Å². The van der Waals surface area contributed by atoms with E-state index in [0.29, 0.717) is 18.8 Å². The van der Waals surface area contributed by atoms with Gasteiger partial charge < -0.3 is 20.9 Å². The lowest BCUT2D eigenvalue weighted by molar-refractivity contribution is -0.133. The van der Waals surface area contributed by atoms with E-state index in [1.807, 2.05) is 23.1 Å². The predicted molar refractivity (Wildman–Crippen MR) is 93.9 cm³/mol. The maximum Gasteiger partial charge on any atom is 0.315 e. The van der Waals surface area contributed by atoms with E-state index in [4.69, 9.17) is 0 Å². The standard InChI is InChI=1S/C18H24N4O3/c23-16(20-14-4-2-1-3-5-14)12-19-18(25)21-15-8-10-22(11-9-15)17(24)13-6-7-13/h1-5,13,15H,6-12H2,(H,20,23)(H2,19,21,25). The number of hydrogen-bond donors (Lipinski definition) is 3. The summed E-state index contributed by atoms with van der Waals surface area (Å²) in [4.78, 5) is 37.6. The highest BCUT2D eigenvalue weighted by atomic mass is 16.2. The number of rotatable bonds is 5. The maximum absolute atomic E-state index is 12.0. The van der Waals surface area contributed by atoms with Crippen molar-refractivity contribution in [3.63, 3.8) is 0 Å². The van der Waals surface area contributed by atoms with Crippen LogP contribution in [0.5, 0.6) is 0 Å². The molecule has 3 rings (SSSR count).